The van der Waals surface area contributed by atoms with Crippen LogP contribution >= 0.6 is 0 Å². The predicted octanol–water partition coefficient (Wildman–Crippen LogP) is 3.90. The Morgan fingerprint density at radius 2 is 1.92 bits per heavy atom. The molecule has 0 saturated heterocycles. The third kappa shape index (κ3) is 3.37. The zero-order valence-corrected chi connectivity index (χ0v) is 14.5. The van der Waals surface area contributed by atoms with Gasteiger partial charge in [0.15, 0.2) is 0 Å². The number of aromatic amines is 1. The van der Waals surface area contributed by atoms with E-state index in [1.54, 1.807) is 6.20 Å². The van der Waals surface area contributed by atoms with Crippen LogP contribution < -0.4 is 5.32 Å². The molecule has 0 fully saturated rings. The number of para-hydroxylation sites is 1. The van der Waals surface area contributed by atoms with E-state index in [0.717, 1.165) is 16.5 Å². The smallest absolute Gasteiger partial charge is 0.268 e. The van der Waals surface area contributed by atoms with Crippen molar-refractivity contribution in [3.05, 3.63) is 89.9 Å². The molecule has 0 aliphatic heterocycles. The second-order valence-corrected chi connectivity index (χ2v) is 6.42. The van der Waals surface area contributed by atoms with Crippen LogP contribution in [-0.4, -0.2) is 20.7 Å². The highest BCUT2D eigenvalue weighted by Gasteiger charge is 2.15. The van der Waals surface area contributed by atoms with Crippen LogP contribution in [0.5, 0.6) is 0 Å². The van der Waals surface area contributed by atoms with Crippen molar-refractivity contribution in [2.75, 3.05) is 0 Å². The minimum Gasteiger partial charge on any atom is -0.351 e. The number of nitrogens with zero attached hydrogens (tertiary/aromatic N) is 2. The van der Waals surface area contributed by atoms with Crippen molar-refractivity contribution in [1.82, 2.24) is 20.1 Å². The molecule has 130 valence electrons. The molecule has 1 amide bonds. The van der Waals surface area contributed by atoms with E-state index in [4.69, 9.17) is 0 Å². The first-order valence-electron chi connectivity index (χ1n) is 8.64. The third-order valence-electron chi connectivity index (χ3n) is 4.46. The maximum Gasteiger partial charge on any atom is 0.268 e. The molecule has 0 saturated carbocycles. The van der Waals surface area contributed by atoms with Gasteiger partial charge in [0.2, 0.25) is 0 Å². The van der Waals surface area contributed by atoms with Crippen LogP contribution in [0.3, 0.4) is 0 Å². The van der Waals surface area contributed by atoms with Gasteiger partial charge in [0.25, 0.3) is 5.91 Å². The van der Waals surface area contributed by atoms with E-state index >= 15 is 0 Å². The topological polar surface area (TPSA) is 62.7 Å². The number of fused-ring (bicyclic) bond motifs is 1. The lowest BCUT2D eigenvalue weighted by Gasteiger charge is -2.11. The van der Waals surface area contributed by atoms with Crippen LogP contribution in [-0.2, 0) is 6.54 Å². The molecule has 2 heterocycles. The highest BCUT2D eigenvalue weighted by atomic mass is 16.1. The summed E-state index contributed by atoms with van der Waals surface area (Å²) < 4.78 is 1.89. The van der Waals surface area contributed by atoms with Crippen LogP contribution in [0.25, 0.3) is 10.9 Å². The van der Waals surface area contributed by atoms with Crippen molar-refractivity contribution < 1.29 is 4.79 Å². The molecule has 2 N–H and O–H groups in total. The van der Waals surface area contributed by atoms with Crippen LogP contribution in [0.1, 0.15) is 34.6 Å². The molecule has 0 aliphatic carbocycles. The molecule has 0 radical (unpaired) electrons. The summed E-state index contributed by atoms with van der Waals surface area (Å²) in [5, 5.41) is 8.46. The number of hydrogen-bond acceptors (Lipinski definition) is 2. The minimum atomic E-state index is -0.126. The van der Waals surface area contributed by atoms with Crippen LogP contribution in [0, 0.1) is 0 Å². The number of H-pyrrole nitrogens is 1. The second-order valence-electron chi connectivity index (χ2n) is 6.42. The summed E-state index contributed by atoms with van der Waals surface area (Å²) in [4.78, 5) is 15.7. The minimum absolute atomic E-state index is 0.121. The van der Waals surface area contributed by atoms with Gasteiger partial charge >= 0.3 is 0 Å². The summed E-state index contributed by atoms with van der Waals surface area (Å²) >= 11 is 0. The summed E-state index contributed by atoms with van der Waals surface area (Å²) in [6.07, 6.45) is 3.78. The lowest BCUT2D eigenvalue weighted by Crippen LogP contribution is -2.26. The number of benzene rings is 2. The summed E-state index contributed by atoms with van der Waals surface area (Å²) in [7, 11) is 0. The number of carbonyl (C=O) groups is 1. The van der Waals surface area contributed by atoms with Crippen molar-refractivity contribution in [3.8, 4) is 0 Å². The molecule has 4 aromatic rings. The zero-order valence-electron chi connectivity index (χ0n) is 14.5. The van der Waals surface area contributed by atoms with Gasteiger partial charge in [-0.25, -0.2) is 0 Å². The Balaban J connectivity index is 1.44. The number of aromatic nitrogens is 3. The Hall–Kier alpha value is -3.34. The number of rotatable bonds is 5. The van der Waals surface area contributed by atoms with Gasteiger partial charge in [0, 0.05) is 22.7 Å². The molecule has 0 aliphatic rings. The van der Waals surface area contributed by atoms with Crippen molar-refractivity contribution in [2.24, 2.45) is 0 Å². The molecular weight excluding hydrogens is 324 g/mol. The molecule has 0 bridgehead atoms. The van der Waals surface area contributed by atoms with Gasteiger partial charge in [-0.2, -0.15) is 5.10 Å². The maximum atomic E-state index is 12.5. The van der Waals surface area contributed by atoms with E-state index in [-0.39, 0.29) is 11.9 Å². The fraction of sp³-hybridized carbons (Fsp3) is 0.143. The zero-order chi connectivity index (χ0) is 17.9. The average molecular weight is 344 g/mol. The van der Waals surface area contributed by atoms with Gasteiger partial charge in [0.1, 0.15) is 5.69 Å². The summed E-state index contributed by atoms with van der Waals surface area (Å²) in [5.41, 5.74) is 3.69. The normalized spacial score (nSPS) is 12.2. The number of hydrogen-bond donors (Lipinski definition) is 2. The molecule has 4 rings (SSSR count). The van der Waals surface area contributed by atoms with Crippen LogP contribution in [0.4, 0.5) is 0 Å². The SMILES string of the molecule is CC(NC(=O)c1cc2ccccc2[nH]1)c1cnn(Cc2ccccc2)c1. The molecule has 5 nitrogen and oxygen atoms in total. The highest BCUT2D eigenvalue weighted by Crippen LogP contribution is 2.17. The lowest BCUT2D eigenvalue weighted by molar-refractivity contribution is 0.0935. The van der Waals surface area contributed by atoms with E-state index in [1.165, 1.54) is 5.56 Å². The van der Waals surface area contributed by atoms with E-state index in [9.17, 15) is 4.79 Å². The lowest BCUT2D eigenvalue weighted by atomic mass is 10.2. The highest BCUT2D eigenvalue weighted by molar-refractivity contribution is 5.98. The molecule has 0 spiro atoms. The predicted molar refractivity (Wildman–Crippen MR) is 102 cm³/mol. The van der Waals surface area contributed by atoms with Gasteiger partial charge in [0.05, 0.1) is 18.8 Å². The first-order valence-corrected chi connectivity index (χ1v) is 8.64. The fourth-order valence-electron chi connectivity index (χ4n) is 3.01. The second kappa shape index (κ2) is 6.88. The Morgan fingerprint density at radius 3 is 2.73 bits per heavy atom. The number of carbonyl (C=O) groups excluding carboxylic acids is 1. The summed E-state index contributed by atoms with van der Waals surface area (Å²) in [6, 6.07) is 19.8. The molecule has 5 heteroatoms. The van der Waals surface area contributed by atoms with Crippen LogP contribution in [0.15, 0.2) is 73.1 Å². The molecular formula is C21H20N4O. The van der Waals surface area contributed by atoms with Gasteiger partial charge in [-0.05, 0) is 24.6 Å². The first-order chi connectivity index (χ1) is 12.7. The molecule has 1 atom stereocenters. The van der Waals surface area contributed by atoms with Gasteiger partial charge in [-0.1, -0.05) is 48.5 Å². The third-order valence-corrected chi connectivity index (χ3v) is 4.46. The van der Waals surface area contributed by atoms with Crippen molar-refractivity contribution in [2.45, 2.75) is 19.5 Å². The average Bonchev–Trinajstić information content (AvgIpc) is 3.29. The maximum absolute atomic E-state index is 12.5. The largest absolute Gasteiger partial charge is 0.351 e. The molecule has 2 aromatic heterocycles. The van der Waals surface area contributed by atoms with Crippen molar-refractivity contribution in [1.29, 1.82) is 0 Å². The Kier molecular flexibility index (Phi) is 4.27. The monoisotopic (exact) mass is 344 g/mol. The van der Waals surface area contributed by atoms with Crippen molar-refractivity contribution in [3.63, 3.8) is 0 Å². The summed E-state index contributed by atoms with van der Waals surface area (Å²) in [6.45, 7) is 2.67. The Bertz CT molecular complexity index is 999. The van der Waals surface area contributed by atoms with Gasteiger partial charge in [-0.3, -0.25) is 9.48 Å². The van der Waals surface area contributed by atoms with E-state index in [0.29, 0.717) is 12.2 Å². The quantitative estimate of drug-likeness (QED) is 0.577. The van der Waals surface area contributed by atoms with Gasteiger partial charge in [-0.15, -0.1) is 0 Å². The molecule has 2 aromatic carbocycles. The fourth-order valence-corrected chi connectivity index (χ4v) is 3.01. The standard InChI is InChI=1S/C21H20N4O/c1-15(18-12-22-25(14-18)13-16-7-3-2-4-8-16)23-21(26)20-11-17-9-5-6-10-19(17)24-20/h2-12,14-15,24H,13H2,1H3,(H,23,26). The van der Waals surface area contributed by atoms with Crippen LogP contribution in [0.2, 0.25) is 0 Å². The molecule has 26 heavy (non-hydrogen) atoms. The first kappa shape index (κ1) is 16.1. The Morgan fingerprint density at radius 1 is 1.15 bits per heavy atom. The summed E-state index contributed by atoms with van der Waals surface area (Å²) in [5.74, 6) is -0.121. The van der Waals surface area contributed by atoms with Crippen molar-refractivity contribution >= 4 is 16.8 Å². The number of nitrogens with one attached hydrogen (secondary N) is 2. The Labute approximate surface area is 151 Å². The van der Waals surface area contributed by atoms with E-state index < -0.39 is 0 Å². The molecule has 1 unspecified atom stereocenters. The van der Waals surface area contributed by atoms with E-state index in [1.807, 2.05) is 66.3 Å². The van der Waals surface area contributed by atoms with E-state index in [2.05, 4.69) is 27.5 Å². The number of amides is 1. The van der Waals surface area contributed by atoms with Gasteiger partial charge < -0.3 is 10.3 Å².